The minimum atomic E-state index is -1.90. The van der Waals surface area contributed by atoms with Crippen molar-refractivity contribution >= 4 is 59.1 Å². The molecular formula is C57H86ClN5O17. The molecule has 0 saturated carbocycles. The van der Waals surface area contributed by atoms with Gasteiger partial charge in [0.2, 0.25) is 17.7 Å². The molecule has 4 aliphatic rings. The van der Waals surface area contributed by atoms with E-state index in [-0.39, 0.29) is 81.6 Å². The highest BCUT2D eigenvalue weighted by atomic mass is 35.5. The molecule has 1 aromatic rings. The van der Waals surface area contributed by atoms with Crippen molar-refractivity contribution in [3.63, 3.8) is 0 Å². The Kier molecular flexibility index (Phi) is 22.8. The summed E-state index contributed by atoms with van der Waals surface area (Å²) in [5.74, 6) is -2.89. The molecule has 1 unspecified atom stereocenters. The number of hydrogen-bond donors (Lipinski definition) is 2. The molecule has 5 rings (SSSR count). The lowest BCUT2D eigenvalue weighted by Crippen LogP contribution is -2.63. The molecule has 4 heterocycles. The number of epoxide rings is 1. The summed E-state index contributed by atoms with van der Waals surface area (Å²) in [5.41, 5.74) is -2.53. The van der Waals surface area contributed by atoms with Gasteiger partial charge >= 0.3 is 24.1 Å². The topological polar surface area (TPSA) is 251 Å². The number of piperidine rings is 1. The Balaban J connectivity index is 1.30. The number of methoxy groups -OCH3 is 2. The first-order chi connectivity index (χ1) is 37.4. The number of esters is 2. The van der Waals surface area contributed by atoms with Gasteiger partial charge in [0.05, 0.1) is 58.2 Å². The van der Waals surface area contributed by atoms with Gasteiger partial charge < -0.3 is 67.3 Å². The molecule has 3 fully saturated rings. The highest BCUT2D eigenvalue weighted by Crippen LogP contribution is 2.49. The SMILES string of the molecule is COc1cc2cc(c1Cl)N(C)C(=O)C[C@H](OC(=O)[C@H](C)N(C)C(=O)CCC(=O)N(CCOCCOCCC(=O)OC(C)(C)C)C1CCN(C(=O)OC(C)(C)C)CC1)[C@]1(C)OC1[C@H](C)[C@@H]1C[C@@](O)(NC(=O)O1)[C@H](OC)/C=C/C=C(\C)C2. The Hall–Kier alpha value is -5.52. The smallest absolute Gasteiger partial charge is 0.410 e. The third kappa shape index (κ3) is 18.0. The lowest BCUT2D eigenvalue weighted by molar-refractivity contribution is -0.162. The van der Waals surface area contributed by atoms with Crippen molar-refractivity contribution in [3.8, 4) is 5.75 Å². The number of alkyl carbamates (subject to hydrolysis) is 1. The van der Waals surface area contributed by atoms with E-state index in [0.29, 0.717) is 43.8 Å². The zero-order valence-corrected chi connectivity index (χ0v) is 49.9. The van der Waals surface area contributed by atoms with Crippen LogP contribution in [-0.4, -0.2) is 195 Å². The van der Waals surface area contributed by atoms with Gasteiger partial charge in [-0.3, -0.25) is 24.5 Å². The molecule has 0 aromatic heterocycles. The number of fused-ring (bicyclic) bond motifs is 5. The van der Waals surface area contributed by atoms with Crippen LogP contribution in [0.3, 0.4) is 0 Å². The van der Waals surface area contributed by atoms with Crippen molar-refractivity contribution < 1.29 is 81.3 Å². The average Bonchev–Trinajstić information content (AvgIpc) is 4.23. The maximum atomic E-state index is 14.5. The lowest BCUT2D eigenvalue weighted by Gasteiger charge is -2.42. The predicted molar refractivity (Wildman–Crippen MR) is 295 cm³/mol. The maximum Gasteiger partial charge on any atom is 0.410 e. The van der Waals surface area contributed by atoms with E-state index in [1.807, 2.05) is 13.0 Å². The second-order valence-electron chi connectivity index (χ2n) is 23.3. The molecule has 1 aromatic carbocycles. The Morgan fingerprint density at radius 2 is 1.57 bits per heavy atom. The summed E-state index contributed by atoms with van der Waals surface area (Å²) in [4.78, 5) is 101. The fraction of sp³-hybridized carbons (Fsp3) is 0.702. The van der Waals surface area contributed by atoms with E-state index in [0.717, 1.165) is 11.1 Å². The molecular weight excluding hydrogens is 1060 g/mol. The number of aliphatic hydroxyl groups is 1. The van der Waals surface area contributed by atoms with Gasteiger partial charge in [-0.15, -0.1) is 0 Å². The van der Waals surface area contributed by atoms with Gasteiger partial charge in [0.25, 0.3) is 0 Å². The number of benzene rings is 1. The minimum Gasteiger partial charge on any atom is -0.495 e. The highest BCUT2D eigenvalue weighted by Gasteiger charge is 2.64. The van der Waals surface area contributed by atoms with Crippen LogP contribution >= 0.6 is 11.6 Å². The molecule has 2 N–H and O–H groups in total. The first-order valence-corrected chi connectivity index (χ1v) is 27.8. The normalized spacial score (nSPS) is 26.3. The number of carbonyl (C=O) groups is 7. The van der Waals surface area contributed by atoms with Crippen LogP contribution in [0.15, 0.2) is 35.9 Å². The van der Waals surface area contributed by atoms with Crippen molar-refractivity contribution in [1.29, 1.82) is 0 Å². The Morgan fingerprint density at radius 1 is 0.938 bits per heavy atom. The van der Waals surface area contributed by atoms with Crippen molar-refractivity contribution in [1.82, 2.24) is 20.0 Å². The van der Waals surface area contributed by atoms with Crippen LogP contribution in [0.5, 0.6) is 5.75 Å². The third-order valence-corrected chi connectivity index (χ3v) is 15.1. The highest BCUT2D eigenvalue weighted by molar-refractivity contribution is 6.35. The van der Waals surface area contributed by atoms with Crippen LogP contribution in [-0.2, 0) is 68.3 Å². The lowest BCUT2D eigenvalue weighted by atomic mass is 9.83. The van der Waals surface area contributed by atoms with Gasteiger partial charge in [-0.05, 0) is 99.3 Å². The summed E-state index contributed by atoms with van der Waals surface area (Å²) in [6.45, 7) is 19.1. The Labute approximate surface area is 475 Å². The van der Waals surface area contributed by atoms with Crippen molar-refractivity contribution in [3.05, 3.63) is 46.5 Å². The quantitative estimate of drug-likeness (QED) is 0.0709. The number of anilines is 1. The minimum absolute atomic E-state index is 0.0891. The van der Waals surface area contributed by atoms with Crippen LogP contribution < -0.4 is 15.0 Å². The van der Waals surface area contributed by atoms with Crippen LogP contribution in [0.4, 0.5) is 15.3 Å². The standard InChI is InChI=1S/C57H86ClN5O17/c1-35-16-15-17-43(73-14)57(71)34-42(76-52(69)59-57)36(2)50-56(10,79-50)44(33-47(66)61(12)40-31-38(30-35)32-41(72-13)49(40)58)77-51(68)37(3)60(11)45(64)18-19-46(65)63(39-20-23-62(24-21-39)53(70)80-55(7,8)9)25-27-75-29-28-74-26-22-48(67)78-54(4,5)6/h15-17,31-32,36-37,39,42-44,50,71H,18-30,33-34H2,1-14H3,(H,59,69)/b17-15+,35-16+/t36-,37+,42+,43-,44+,50?,56+,57+/m1/s1. The molecule has 22 nitrogen and oxygen atoms in total. The van der Waals surface area contributed by atoms with E-state index in [1.165, 1.54) is 38.0 Å². The van der Waals surface area contributed by atoms with Crippen LogP contribution in [0.25, 0.3) is 0 Å². The number of rotatable bonds is 18. The summed E-state index contributed by atoms with van der Waals surface area (Å²) in [7, 11) is 5.84. The first kappa shape index (κ1) is 65.3. The van der Waals surface area contributed by atoms with Gasteiger partial charge in [0, 0.05) is 72.1 Å². The van der Waals surface area contributed by atoms with Crippen molar-refractivity contribution in [2.24, 2.45) is 5.92 Å². The molecule has 8 atom stereocenters. The van der Waals surface area contributed by atoms with Gasteiger partial charge in [-0.1, -0.05) is 42.3 Å². The summed E-state index contributed by atoms with van der Waals surface area (Å²) in [5, 5.41) is 14.6. The van der Waals surface area contributed by atoms with Gasteiger partial charge in [0.15, 0.2) is 5.72 Å². The van der Waals surface area contributed by atoms with Crippen LogP contribution in [0.2, 0.25) is 5.02 Å². The van der Waals surface area contributed by atoms with E-state index < -0.39 is 95.3 Å². The first-order valence-electron chi connectivity index (χ1n) is 27.4. The number of likely N-dealkylation sites (N-methyl/N-ethyl adjacent to an activating group) is 1. The molecule has 80 heavy (non-hydrogen) atoms. The second-order valence-corrected chi connectivity index (χ2v) is 23.6. The molecule has 5 amide bonds. The van der Waals surface area contributed by atoms with Gasteiger partial charge in [0.1, 0.15) is 51.9 Å². The molecule has 0 spiro atoms. The fourth-order valence-corrected chi connectivity index (χ4v) is 10.3. The number of carbonyl (C=O) groups excluding carboxylic acids is 7. The largest absolute Gasteiger partial charge is 0.495 e. The summed E-state index contributed by atoms with van der Waals surface area (Å²) in [6.07, 6.45) is 0.328. The molecule has 4 bridgehead atoms. The van der Waals surface area contributed by atoms with Crippen molar-refractivity contribution in [2.75, 3.05) is 79.3 Å². The number of allylic oxidation sites excluding steroid dienone is 3. The Bertz CT molecular complexity index is 2430. The maximum absolute atomic E-state index is 14.5. The predicted octanol–water partition coefficient (Wildman–Crippen LogP) is 6.29. The summed E-state index contributed by atoms with van der Waals surface area (Å²) < 4.78 is 51.9. The van der Waals surface area contributed by atoms with E-state index in [4.69, 9.17) is 54.2 Å². The zero-order valence-electron chi connectivity index (χ0n) is 49.2. The number of hydrogen-bond acceptors (Lipinski definition) is 17. The molecule has 4 aliphatic heterocycles. The molecule has 23 heteroatoms. The zero-order chi connectivity index (χ0) is 59.5. The fourth-order valence-electron chi connectivity index (χ4n) is 9.98. The number of nitrogens with zero attached hydrogens (tertiary/aromatic N) is 4. The van der Waals surface area contributed by atoms with Crippen molar-refractivity contribution in [2.45, 2.75) is 180 Å². The monoisotopic (exact) mass is 1150 g/mol. The second kappa shape index (κ2) is 28.0. The molecule has 0 aliphatic carbocycles. The Morgan fingerprint density at radius 3 is 2.20 bits per heavy atom. The number of ether oxygens (including phenoxy) is 9. The molecule has 3 saturated heterocycles. The van der Waals surface area contributed by atoms with Crippen LogP contribution in [0, 0.1) is 5.92 Å². The number of likely N-dealkylation sites (tertiary alicyclic amines) is 1. The van der Waals surface area contributed by atoms with E-state index in [1.54, 1.807) is 96.5 Å². The average molecular weight is 1150 g/mol. The molecule has 0 radical (unpaired) electrons. The van der Waals surface area contributed by atoms with E-state index in [2.05, 4.69) is 5.32 Å². The van der Waals surface area contributed by atoms with Gasteiger partial charge in [-0.2, -0.15) is 0 Å². The van der Waals surface area contributed by atoms with E-state index >= 15 is 0 Å². The van der Waals surface area contributed by atoms with Crippen LogP contribution in [0.1, 0.15) is 120 Å². The number of halogens is 1. The third-order valence-electron chi connectivity index (χ3n) is 14.7. The van der Waals surface area contributed by atoms with E-state index in [9.17, 15) is 38.7 Å². The number of amides is 5. The van der Waals surface area contributed by atoms with Gasteiger partial charge in [-0.25, -0.2) is 14.4 Å². The summed E-state index contributed by atoms with van der Waals surface area (Å²) in [6, 6.07) is 2.04. The summed E-state index contributed by atoms with van der Waals surface area (Å²) >= 11 is 6.85. The molecule has 448 valence electrons. The number of nitrogens with one attached hydrogen (secondary N) is 1.